The summed E-state index contributed by atoms with van der Waals surface area (Å²) in [5.41, 5.74) is -0.929. The lowest BCUT2D eigenvalue weighted by atomic mass is 10.2. The van der Waals surface area contributed by atoms with Gasteiger partial charge in [0.1, 0.15) is 11.4 Å². The smallest absolute Gasteiger partial charge is 0.341 e. The van der Waals surface area contributed by atoms with Crippen molar-refractivity contribution in [1.29, 1.82) is 0 Å². The van der Waals surface area contributed by atoms with Gasteiger partial charge in [0.25, 0.3) is 5.69 Å². The predicted molar refractivity (Wildman–Crippen MR) is 51.6 cm³/mol. The van der Waals surface area contributed by atoms with Crippen molar-refractivity contribution in [3.05, 3.63) is 33.6 Å². The molecule has 0 saturated heterocycles. The average molecular weight is 231 g/mol. The number of benzene rings is 1. The molecule has 0 unspecified atom stereocenters. The fourth-order valence-electron chi connectivity index (χ4n) is 0.964. The number of esters is 1. The number of thiol groups is 1. The number of ether oxygens (including phenoxy) is 1. The van der Waals surface area contributed by atoms with Crippen molar-refractivity contribution in [1.82, 2.24) is 0 Å². The second-order valence-corrected chi connectivity index (χ2v) is 3.05. The number of carbonyl (C=O) groups excluding carboxylic acids is 1. The lowest BCUT2D eigenvalue weighted by Gasteiger charge is -2.02. The van der Waals surface area contributed by atoms with Crippen LogP contribution in [-0.2, 0) is 4.74 Å². The molecule has 1 rings (SSSR count). The topological polar surface area (TPSA) is 69.4 Å². The van der Waals surface area contributed by atoms with E-state index < -0.39 is 28.0 Å². The number of hydrogen-bond acceptors (Lipinski definition) is 5. The molecule has 0 bridgehead atoms. The summed E-state index contributed by atoms with van der Waals surface area (Å²) < 4.78 is 17.4. The standard InChI is InChI=1S/C8H6FNO4S/c1-14-8(11)4-2-6(10(12)13)7(15)3-5(4)9/h2-3,15H,1H3. The zero-order chi connectivity index (χ0) is 11.6. The molecule has 0 saturated carbocycles. The Morgan fingerprint density at radius 2 is 2.20 bits per heavy atom. The van der Waals surface area contributed by atoms with Gasteiger partial charge in [-0.3, -0.25) is 10.1 Å². The highest BCUT2D eigenvalue weighted by Crippen LogP contribution is 2.26. The van der Waals surface area contributed by atoms with Gasteiger partial charge in [-0.05, 0) is 6.07 Å². The Bertz CT molecular complexity index is 435. The first-order chi connectivity index (χ1) is 6.97. The van der Waals surface area contributed by atoms with Gasteiger partial charge in [-0.15, -0.1) is 12.6 Å². The van der Waals surface area contributed by atoms with E-state index in [-0.39, 0.29) is 4.90 Å². The van der Waals surface area contributed by atoms with E-state index in [0.717, 1.165) is 19.2 Å². The van der Waals surface area contributed by atoms with Crippen LogP contribution in [0.2, 0.25) is 0 Å². The Balaban J connectivity index is 3.36. The third-order valence-corrected chi connectivity index (χ3v) is 2.02. The van der Waals surface area contributed by atoms with Gasteiger partial charge in [-0.25, -0.2) is 9.18 Å². The van der Waals surface area contributed by atoms with E-state index in [0.29, 0.717) is 0 Å². The molecule has 0 aliphatic carbocycles. The van der Waals surface area contributed by atoms with Gasteiger partial charge in [-0.2, -0.15) is 0 Å². The van der Waals surface area contributed by atoms with E-state index in [9.17, 15) is 19.3 Å². The molecule has 0 fully saturated rings. The largest absolute Gasteiger partial charge is 0.465 e. The highest BCUT2D eigenvalue weighted by atomic mass is 32.1. The summed E-state index contributed by atoms with van der Waals surface area (Å²) in [7, 11) is 1.06. The monoisotopic (exact) mass is 231 g/mol. The van der Waals surface area contributed by atoms with Crippen molar-refractivity contribution in [2.24, 2.45) is 0 Å². The minimum atomic E-state index is -0.969. The van der Waals surface area contributed by atoms with E-state index in [4.69, 9.17) is 0 Å². The fraction of sp³-hybridized carbons (Fsp3) is 0.125. The molecular formula is C8H6FNO4S. The van der Waals surface area contributed by atoms with Crippen LogP contribution in [0.4, 0.5) is 10.1 Å². The number of rotatable bonds is 2. The SMILES string of the molecule is COC(=O)c1cc([N+](=O)[O-])c(S)cc1F. The lowest BCUT2D eigenvalue weighted by molar-refractivity contribution is -0.387. The molecule has 0 radical (unpaired) electrons. The summed E-state index contributed by atoms with van der Waals surface area (Å²) in [5, 5.41) is 10.5. The minimum Gasteiger partial charge on any atom is -0.465 e. The fourth-order valence-corrected chi connectivity index (χ4v) is 1.22. The third kappa shape index (κ3) is 2.24. The first kappa shape index (κ1) is 11.4. The molecule has 1 aromatic rings. The molecule has 0 N–H and O–H groups in total. The van der Waals surface area contributed by atoms with Crippen LogP contribution in [0.15, 0.2) is 17.0 Å². The Hall–Kier alpha value is -1.63. The third-order valence-electron chi connectivity index (χ3n) is 1.67. The number of halogens is 1. The Labute approximate surface area is 89.4 Å². The van der Waals surface area contributed by atoms with E-state index in [2.05, 4.69) is 17.4 Å². The maximum absolute atomic E-state index is 13.2. The molecule has 0 heterocycles. The normalized spacial score (nSPS) is 9.80. The van der Waals surface area contributed by atoms with Crippen molar-refractivity contribution >= 4 is 24.3 Å². The number of methoxy groups -OCH3 is 1. The Morgan fingerprint density at radius 3 is 2.67 bits per heavy atom. The van der Waals surface area contributed by atoms with Crippen molar-refractivity contribution in [3.8, 4) is 0 Å². The summed E-state index contributed by atoms with van der Waals surface area (Å²) in [6.45, 7) is 0. The summed E-state index contributed by atoms with van der Waals surface area (Å²) >= 11 is 3.72. The predicted octanol–water partition coefficient (Wildman–Crippen LogP) is 1.81. The van der Waals surface area contributed by atoms with Crippen LogP contribution in [0.5, 0.6) is 0 Å². The van der Waals surface area contributed by atoms with Crippen molar-refractivity contribution in [3.63, 3.8) is 0 Å². The quantitative estimate of drug-likeness (QED) is 0.364. The molecule has 0 aromatic heterocycles. The zero-order valence-corrected chi connectivity index (χ0v) is 8.45. The summed E-state index contributed by atoms with van der Waals surface area (Å²) in [6.07, 6.45) is 0. The summed E-state index contributed by atoms with van der Waals surface area (Å²) in [5.74, 6) is -1.87. The molecule has 7 heteroatoms. The van der Waals surface area contributed by atoms with Gasteiger partial charge in [0, 0.05) is 6.07 Å². The van der Waals surface area contributed by atoms with Crippen LogP contribution in [-0.4, -0.2) is 18.0 Å². The van der Waals surface area contributed by atoms with Crippen LogP contribution in [0.25, 0.3) is 0 Å². The molecule has 0 aliphatic heterocycles. The highest BCUT2D eigenvalue weighted by molar-refractivity contribution is 7.80. The summed E-state index contributed by atoms with van der Waals surface area (Å²) in [4.78, 5) is 20.6. The molecule has 0 amide bonds. The van der Waals surface area contributed by atoms with Gasteiger partial charge in [-0.1, -0.05) is 0 Å². The Kier molecular flexibility index (Phi) is 3.25. The van der Waals surface area contributed by atoms with Crippen LogP contribution in [0.3, 0.4) is 0 Å². The molecule has 0 spiro atoms. The number of nitro benzene ring substituents is 1. The van der Waals surface area contributed by atoms with E-state index in [1.165, 1.54) is 0 Å². The van der Waals surface area contributed by atoms with Gasteiger partial charge in [0.2, 0.25) is 0 Å². The van der Waals surface area contributed by atoms with Crippen molar-refractivity contribution in [2.45, 2.75) is 4.90 Å². The maximum atomic E-state index is 13.2. The molecule has 80 valence electrons. The van der Waals surface area contributed by atoms with E-state index in [1.54, 1.807) is 0 Å². The molecular weight excluding hydrogens is 225 g/mol. The van der Waals surface area contributed by atoms with Crippen molar-refractivity contribution in [2.75, 3.05) is 7.11 Å². The number of carbonyl (C=O) groups is 1. The second-order valence-electron chi connectivity index (χ2n) is 2.57. The first-order valence-electron chi connectivity index (χ1n) is 3.72. The molecule has 0 atom stereocenters. The van der Waals surface area contributed by atoms with E-state index in [1.807, 2.05) is 0 Å². The molecule has 0 aliphatic rings. The van der Waals surface area contributed by atoms with Crippen LogP contribution in [0.1, 0.15) is 10.4 Å². The Morgan fingerprint density at radius 1 is 1.60 bits per heavy atom. The molecule has 1 aromatic carbocycles. The number of hydrogen-bond donors (Lipinski definition) is 1. The first-order valence-corrected chi connectivity index (χ1v) is 4.17. The lowest BCUT2D eigenvalue weighted by Crippen LogP contribution is -2.05. The maximum Gasteiger partial charge on any atom is 0.341 e. The average Bonchev–Trinajstić information content (AvgIpc) is 2.16. The van der Waals surface area contributed by atoms with Gasteiger partial charge in [0.15, 0.2) is 0 Å². The molecule has 15 heavy (non-hydrogen) atoms. The number of nitrogens with zero attached hydrogens (tertiary/aromatic N) is 1. The van der Waals surface area contributed by atoms with Gasteiger partial charge in [0.05, 0.1) is 16.9 Å². The second kappa shape index (κ2) is 4.26. The molecule has 5 nitrogen and oxygen atoms in total. The van der Waals surface area contributed by atoms with Crippen molar-refractivity contribution < 1.29 is 18.8 Å². The van der Waals surface area contributed by atoms with Crippen LogP contribution < -0.4 is 0 Å². The minimum absolute atomic E-state index is 0.148. The number of nitro groups is 1. The van der Waals surface area contributed by atoms with Gasteiger partial charge >= 0.3 is 5.97 Å². The highest BCUT2D eigenvalue weighted by Gasteiger charge is 2.20. The summed E-state index contributed by atoms with van der Waals surface area (Å²) in [6, 6.07) is 1.59. The van der Waals surface area contributed by atoms with Gasteiger partial charge < -0.3 is 4.74 Å². The van der Waals surface area contributed by atoms with Crippen LogP contribution in [0, 0.1) is 15.9 Å². The van der Waals surface area contributed by atoms with E-state index >= 15 is 0 Å². The van der Waals surface area contributed by atoms with Crippen LogP contribution >= 0.6 is 12.6 Å². The zero-order valence-electron chi connectivity index (χ0n) is 7.56.